The summed E-state index contributed by atoms with van der Waals surface area (Å²) in [5.41, 5.74) is 1.94. The lowest BCUT2D eigenvalue weighted by atomic mass is 10.1. The van der Waals surface area contributed by atoms with Crippen molar-refractivity contribution in [3.05, 3.63) is 58.6 Å². The molecule has 14 heavy (non-hydrogen) atoms. The third-order valence-corrected chi connectivity index (χ3v) is 2.66. The molecular formula is C12H8Cl2. The Bertz CT molecular complexity index is 415. The molecule has 0 aliphatic heterocycles. The van der Waals surface area contributed by atoms with Crippen molar-refractivity contribution in [2.24, 2.45) is 0 Å². The molecule has 2 aromatic rings. The molecule has 0 N–H and O–H groups in total. The van der Waals surface area contributed by atoms with Gasteiger partial charge in [-0.05, 0) is 17.7 Å². The highest BCUT2D eigenvalue weighted by Crippen LogP contribution is 2.33. The zero-order valence-electron chi connectivity index (χ0n) is 7.37. The maximum atomic E-state index is 6.08. The molecule has 0 aliphatic carbocycles. The van der Waals surface area contributed by atoms with Crippen molar-refractivity contribution in [1.29, 1.82) is 0 Å². The van der Waals surface area contributed by atoms with Crippen LogP contribution in [0.5, 0.6) is 0 Å². The fraction of sp³-hybridized carbons (Fsp3) is 0. The Hall–Kier alpha value is -0.980. The molecule has 70 valence electrons. The number of benzene rings is 2. The van der Waals surface area contributed by atoms with Gasteiger partial charge in [-0.1, -0.05) is 59.6 Å². The molecule has 0 nitrogen and oxygen atoms in total. The van der Waals surface area contributed by atoms with Crippen molar-refractivity contribution in [3.63, 3.8) is 0 Å². The van der Waals surface area contributed by atoms with Gasteiger partial charge in [0, 0.05) is 15.6 Å². The molecule has 2 rings (SSSR count). The molecule has 0 aromatic heterocycles. The maximum absolute atomic E-state index is 6.08. The number of hydrogen-bond acceptors (Lipinski definition) is 0. The van der Waals surface area contributed by atoms with Gasteiger partial charge >= 0.3 is 0 Å². The summed E-state index contributed by atoms with van der Waals surface area (Å²) in [6.45, 7) is 0. The van der Waals surface area contributed by atoms with Crippen LogP contribution < -0.4 is 0 Å². The molecule has 0 fully saturated rings. The van der Waals surface area contributed by atoms with Gasteiger partial charge in [-0.3, -0.25) is 0 Å². The van der Waals surface area contributed by atoms with E-state index >= 15 is 0 Å². The summed E-state index contributed by atoms with van der Waals surface area (Å²) in [5.74, 6) is 0. The number of halogens is 2. The molecule has 0 spiro atoms. The molecule has 2 aromatic carbocycles. The summed E-state index contributed by atoms with van der Waals surface area (Å²) < 4.78 is 0. The van der Waals surface area contributed by atoms with Gasteiger partial charge < -0.3 is 0 Å². The van der Waals surface area contributed by atoms with E-state index in [0.717, 1.165) is 11.1 Å². The van der Waals surface area contributed by atoms with Gasteiger partial charge in [-0.2, -0.15) is 0 Å². The fourth-order valence-electron chi connectivity index (χ4n) is 1.38. The number of hydrogen-bond donors (Lipinski definition) is 0. The molecule has 0 heterocycles. The van der Waals surface area contributed by atoms with E-state index in [1.165, 1.54) is 0 Å². The smallest absolute Gasteiger partial charge is 0.0499 e. The van der Waals surface area contributed by atoms with Gasteiger partial charge in [-0.25, -0.2) is 0 Å². The topological polar surface area (TPSA) is 0 Å². The van der Waals surface area contributed by atoms with Crippen LogP contribution in [-0.4, -0.2) is 0 Å². The first-order valence-electron chi connectivity index (χ1n) is 4.28. The second kappa shape index (κ2) is 4.04. The Kier molecular flexibility index (Phi) is 2.76. The Morgan fingerprint density at radius 2 is 1.21 bits per heavy atom. The Balaban J connectivity index is 2.63. The molecule has 2 heteroatoms. The first kappa shape index (κ1) is 9.57. The van der Waals surface area contributed by atoms with Crippen molar-refractivity contribution in [2.75, 3.05) is 0 Å². The quantitative estimate of drug-likeness (QED) is 0.659. The Morgan fingerprint density at radius 1 is 0.643 bits per heavy atom. The summed E-state index contributed by atoms with van der Waals surface area (Å²) in [6.07, 6.45) is 0. The molecule has 0 unspecified atom stereocenters. The minimum absolute atomic E-state index is 0.684. The second-order valence-corrected chi connectivity index (χ2v) is 3.78. The van der Waals surface area contributed by atoms with Crippen LogP contribution in [0.3, 0.4) is 0 Å². The minimum atomic E-state index is 0.684. The van der Waals surface area contributed by atoms with Gasteiger partial charge in [0.1, 0.15) is 0 Å². The number of rotatable bonds is 1. The predicted octanol–water partition coefficient (Wildman–Crippen LogP) is 4.66. The zero-order valence-corrected chi connectivity index (χ0v) is 8.89. The van der Waals surface area contributed by atoms with Crippen LogP contribution in [0.2, 0.25) is 10.0 Å². The first-order valence-corrected chi connectivity index (χ1v) is 5.04. The first-order chi connectivity index (χ1) is 6.79. The Labute approximate surface area is 93.1 Å². The van der Waals surface area contributed by atoms with Gasteiger partial charge in [0.15, 0.2) is 0 Å². The summed E-state index contributed by atoms with van der Waals surface area (Å²) in [6, 6.07) is 15.4. The van der Waals surface area contributed by atoms with Crippen LogP contribution in [0, 0.1) is 0 Å². The van der Waals surface area contributed by atoms with Gasteiger partial charge in [-0.15, -0.1) is 0 Å². The van der Waals surface area contributed by atoms with E-state index in [4.69, 9.17) is 23.2 Å². The van der Waals surface area contributed by atoms with Crippen molar-refractivity contribution in [1.82, 2.24) is 0 Å². The van der Waals surface area contributed by atoms with Crippen molar-refractivity contribution >= 4 is 23.2 Å². The lowest BCUT2D eigenvalue weighted by Crippen LogP contribution is -1.80. The fourth-order valence-corrected chi connectivity index (χ4v) is 1.99. The SMILES string of the molecule is Clc1cccc(Cl)c1-c1ccccc1. The van der Waals surface area contributed by atoms with Crippen molar-refractivity contribution in [2.45, 2.75) is 0 Å². The van der Waals surface area contributed by atoms with E-state index in [9.17, 15) is 0 Å². The average Bonchev–Trinajstić information content (AvgIpc) is 2.19. The third kappa shape index (κ3) is 1.77. The monoisotopic (exact) mass is 222 g/mol. The molecule has 0 radical (unpaired) electrons. The van der Waals surface area contributed by atoms with Crippen LogP contribution in [0.25, 0.3) is 11.1 Å². The molecule has 0 saturated heterocycles. The summed E-state index contributed by atoms with van der Waals surface area (Å²) >= 11 is 12.2. The average molecular weight is 223 g/mol. The zero-order chi connectivity index (χ0) is 9.97. The van der Waals surface area contributed by atoms with Crippen LogP contribution in [0.4, 0.5) is 0 Å². The summed E-state index contributed by atoms with van der Waals surface area (Å²) in [5, 5.41) is 1.37. The summed E-state index contributed by atoms with van der Waals surface area (Å²) in [4.78, 5) is 0. The van der Waals surface area contributed by atoms with E-state index < -0.39 is 0 Å². The molecule has 0 bridgehead atoms. The van der Waals surface area contributed by atoms with E-state index in [1.807, 2.05) is 48.5 Å². The lowest BCUT2D eigenvalue weighted by molar-refractivity contribution is 1.62. The third-order valence-electron chi connectivity index (χ3n) is 2.03. The molecular weight excluding hydrogens is 215 g/mol. The molecule has 0 saturated carbocycles. The van der Waals surface area contributed by atoms with Gasteiger partial charge in [0.2, 0.25) is 0 Å². The highest BCUT2D eigenvalue weighted by Gasteiger charge is 2.06. The van der Waals surface area contributed by atoms with Crippen LogP contribution in [0.1, 0.15) is 0 Å². The van der Waals surface area contributed by atoms with Gasteiger partial charge in [0.05, 0.1) is 0 Å². The summed E-state index contributed by atoms with van der Waals surface area (Å²) in [7, 11) is 0. The standard InChI is InChI=1S/C12H8Cl2/c13-10-7-4-8-11(14)12(10)9-5-2-1-3-6-9/h1-8H. The molecule has 0 aliphatic rings. The van der Waals surface area contributed by atoms with E-state index in [2.05, 4.69) is 0 Å². The van der Waals surface area contributed by atoms with Crippen LogP contribution >= 0.6 is 23.2 Å². The maximum Gasteiger partial charge on any atom is 0.0499 e. The molecule has 0 amide bonds. The van der Waals surface area contributed by atoms with E-state index in [-0.39, 0.29) is 0 Å². The Morgan fingerprint density at radius 3 is 1.79 bits per heavy atom. The second-order valence-electron chi connectivity index (χ2n) is 2.96. The minimum Gasteiger partial charge on any atom is -0.0836 e. The highest BCUT2D eigenvalue weighted by molar-refractivity contribution is 6.39. The predicted molar refractivity (Wildman–Crippen MR) is 61.9 cm³/mol. The normalized spacial score (nSPS) is 10.1. The lowest BCUT2D eigenvalue weighted by Gasteiger charge is -2.06. The van der Waals surface area contributed by atoms with Crippen molar-refractivity contribution < 1.29 is 0 Å². The highest BCUT2D eigenvalue weighted by atomic mass is 35.5. The molecule has 0 atom stereocenters. The van der Waals surface area contributed by atoms with Crippen LogP contribution in [-0.2, 0) is 0 Å². The largest absolute Gasteiger partial charge is 0.0836 e. The van der Waals surface area contributed by atoms with E-state index in [1.54, 1.807) is 0 Å². The van der Waals surface area contributed by atoms with Crippen LogP contribution in [0.15, 0.2) is 48.5 Å². The van der Waals surface area contributed by atoms with Crippen molar-refractivity contribution in [3.8, 4) is 11.1 Å². The van der Waals surface area contributed by atoms with Gasteiger partial charge in [0.25, 0.3) is 0 Å². The van der Waals surface area contributed by atoms with E-state index in [0.29, 0.717) is 10.0 Å².